The highest BCUT2D eigenvalue weighted by molar-refractivity contribution is 5.82. The molecule has 0 aliphatic carbocycles. The van der Waals surface area contributed by atoms with Gasteiger partial charge in [-0.3, -0.25) is 9.59 Å². The Hall–Kier alpha value is -3.68. The van der Waals surface area contributed by atoms with Gasteiger partial charge in [0.25, 0.3) is 0 Å². The lowest BCUT2D eigenvalue weighted by atomic mass is 10.1. The van der Waals surface area contributed by atoms with Crippen molar-refractivity contribution < 1.29 is 29.4 Å². The second-order valence-corrected chi connectivity index (χ2v) is 6.56. The van der Waals surface area contributed by atoms with Gasteiger partial charge in [0.2, 0.25) is 11.8 Å². The van der Waals surface area contributed by atoms with Gasteiger partial charge in [-0.15, -0.1) is 0 Å². The summed E-state index contributed by atoms with van der Waals surface area (Å²) < 4.78 is 0. The van der Waals surface area contributed by atoms with Crippen LogP contribution in [0.1, 0.15) is 25.0 Å². The van der Waals surface area contributed by atoms with Crippen molar-refractivity contribution in [1.29, 1.82) is 0 Å². The van der Waals surface area contributed by atoms with E-state index in [1.165, 1.54) is 13.8 Å². The van der Waals surface area contributed by atoms with Crippen molar-refractivity contribution >= 4 is 23.8 Å². The standard InChI is InChI=1S/2C11H13NO3/c2*1-8(13)12-10(11(14)15)7-9-5-3-2-4-6-9/h2*2-6,10H,7H2,1H3,(H,12,13)(H,14,15)/t2*10-/m00/s1. The highest BCUT2D eigenvalue weighted by Crippen LogP contribution is 2.04. The quantitative estimate of drug-likeness (QED) is 0.519. The Kier molecular flexibility index (Phi) is 10.3. The molecule has 160 valence electrons. The molecular formula is C22H26N2O6. The number of carbonyl (C=O) groups is 4. The van der Waals surface area contributed by atoms with Crippen LogP contribution in [0, 0.1) is 0 Å². The van der Waals surface area contributed by atoms with Gasteiger partial charge < -0.3 is 20.8 Å². The topological polar surface area (TPSA) is 133 Å². The number of amides is 2. The summed E-state index contributed by atoms with van der Waals surface area (Å²) in [5.41, 5.74) is 1.78. The number of benzene rings is 2. The highest BCUT2D eigenvalue weighted by atomic mass is 16.4. The van der Waals surface area contributed by atoms with E-state index in [2.05, 4.69) is 10.6 Å². The van der Waals surface area contributed by atoms with Crippen LogP contribution in [0.3, 0.4) is 0 Å². The van der Waals surface area contributed by atoms with E-state index >= 15 is 0 Å². The minimum absolute atomic E-state index is 0.301. The molecule has 0 unspecified atom stereocenters. The van der Waals surface area contributed by atoms with Crippen LogP contribution in [0.2, 0.25) is 0 Å². The fraction of sp³-hybridized carbons (Fsp3) is 0.273. The maximum Gasteiger partial charge on any atom is 0.326 e. The number of carboxylic acids is 2. The zero-order valence-electron chi connectivity index (χ0n) is 16.9. The van der Waals surface area contributed by atoms with E-state index in [-0.39, 0.29) is 11.8 Å². The smallest absolute Gasteiger partial charge is 0.326 e. The first-order chi connectivity index (χ1) is 14.2. The van der Waals surface area contributed by atoms with E-state index in [4.69, 9.17) is 10.2 Å². The number of aliphatic carboxylic acids is 2. The summed E-state index contributed by atoms with van der Waals surface area (Å²) in [6, 6.07) is 16.7. The Balaban J connectivity index is 0.000000300. The summed E-state index contributed by atoms with van der Waals surface area (Å²) in [5, 5.41) is 22.5. The van der Waals surface area contributed by atoms with Gasteiger partial charge >= 0.3 is 11.9 Å². The summed E-state index contributed by atoms with van der Waals surface area (Å²) in [6.45, 7) is 2.61. The molecule has 2 aromatic rings. The molecule has 0 saturated carbocycles. The Morgan fingerprint density at radius 3 is 1.20 bits per heavy atom. The maximum atomic E-state index is 10.8. The molecule has 2 atom stereocenters. The van der Waals surface area contributed by atoms with Crippen molar-refractivity contribution in [2.75, 3.05) is 0 Å². The zero-order valence-corrected chi connectivity index (χ0v) is 16.9. The minimum Gasteiger partial charge on any atom is -0.480 e. The van der Waals surface area contributed by atoms with Crippen LogP contribution >= 0.6 is 0 Å². The van der Waals surface area contributed by atoms with Crippen molar-refractivity contribution in [3.05, 3.63) is 71.8 Å². The number of carboxylic acid groups (broad SMARTS) is 2. The molecule has 0 aliphatic heterocycles. The SMILES string of the molecule is CC(=O)N[C@@H](Cc1ccccc1)C(=O)O.CC(=O)N[C@@H](Cc1ccccc1)C(=O)O. The Labute approximate surface area is 174 Å². The number of hydrogen-bond acceptors (Lipinski definition) is 4. The van der Waals surface area contributed by atoms with Crippen LogP contribution in [0.25, 0.3) is 0 Å². The van der Waals surface area contributed by atoms with Crippen molar-refractivity contribution in [3.8, 4) is 0 Å². The van der Waals surface area contributed by atoms with Gasteiger partial charge in [0, 0.05) is 26.7 Å². The molecule has 0 bridgehead atoms. The first kappa shape index (κ1) is 24.4. The lowest BCUT2D eigenvalue weighted by molar-refractivity contribution is -0.141. The van der Waals surface area contributed by atoms with E-state index < -0.39 is 24.0 Å². The molecule has 30 heavy (non-hydrogen) atoms. The second-order valence-electron chi connectivity index (χ2n) is 6.56. The van der Waals surface area contributed by atoms with Crippen LogP contribution in [-0.2, 0) is 32.0 Å². The van der Waals surface area contributed by atoms with Crippen LogP contribution in [0.4, 0.5) is 0 Å². The molecule has 0 saturated heterocycles. The van der Waals surface area contributed by atoms with Crippen LogP contribution in [0.5, 0.6) is 0 Å². The van der Waals surface area contributed by atoms with Gasteiger partial charge in [0.15, 0.2) is 0 Å². The summed E-state index contributed by atoms with van der Waals surface area (Å²) in [5.74, 6) is -2.71. The Morgan fingerprint density at radius 2 is 0.967 bits per heavy atom. The molecule has 2 rings (SSSR count). The monoisotopic (exact) mass is 414 g/mol. The molecular weight excluding hydrogens is 388 g/mol. The summed E-state index contributed by atoms with van der Waals surface area (Å²) in [6.07, 6.45) is 0.603. The molecule has 0 aromatic heterocycles. The lowest BCUT2D eigenvalue weighted by Gasteiger charge is -2.12. The predicted octanol–water partition coefficient (Wildman–Crippen LogP) is 1.64. The summed E-state index contributed by atoms with van der Waals surface area (Å²) >= 11 is 0. The molecule has 0 radical (unpaired) electrons. The molecule has 8 nitrogen and oxygen atoms in total. The van der Waals surface area contributed by atoms with Crippen LogP contribution in [0.15, 0.2) is 60.7 Å². The van der Waals surface area contributed by atoms with E-state index in [0.717, 1.165) is 11.1 Å². The molecule has 0 aliphatic rings. The van der Waals surface area contributed by atoms with Crippen molar-refractivity contribution in [2.45, 2.75) is 38.8 Å². The third-order valence-electron chi connectivity index (χ3n) is 3.92. The molecule has 8 heteroatoms. The van der Waals surface area contributed by atoms with E-state index in [0.29, 0.717) is 12.8 Å². The van der Waals surface area contributed by atoms with Gasteiger partial charge in [-0.25, -0.2) is 9.59 Å². The first-order valence-electron chi connectivity index (χ1n) is 9.26. The molecule has 0 spiro atoms. The predicted molar refractivity (Wildman–Crippen MR) is 111 cm³/mol. The molecule has 4 N–H and O–H groups in total. The Bertz CT molecular complexity index is 768. The zero-order chi connectivity index (χ0) is 22.5. The van der Waals surface area contributed by atoms with Gasteiger partial charge in [0.1, 0.15) is 12.1 Å². The normalized spacial score (nSPS) is 11.8. The third kappa shape index (κ3) is 10.0. The molecule has 0 fully saturated rings. The average molecular weight is 414 g/mol. The van der Waals surface area contributed by atoms with E-state index in [1.54, 1.807) is 0 Å². The largest absolute Gasteiger partial charge is 0.480 e. The Morgan fingerprint density at radius 1 is 0.667 bits per heavy atom. The van der Waals surface area contributed by atoms with Crippen LogP contribution in [-0.4, -0.2) is 46.0 Å². The minimum atomic E-state index is -1.02. The summed E-state index contributed by atoms with van der Waals surface area (Å²) in [7, 11) is 0. The van der Waals surface area contributed by atoms with Gasteiger partial charge in [-0.2, -0.15) is 0 Å². The van der Waals surface area contributed by atoms with Crippen LogP contribution < -0.4 is 10.6 Å². The highest BCUT2D eigenvalue weighted by Gasteiger charge is 2.19. The third-order valence-corrected chi connectivity index (χ3v) is 3.92. The van der Waals surface area contributed by atoms with Gasteiger partial charge in [-0.1, -0.05) is 60.7 Å². The number of rotatable bonds is 8. The van der Waals surface area contributed by atoms with Gasteiger partial charge in [0.05, 0.1) is 0 Å². The number of nitrogens with one attached hydrogen (secondary N) is 2. The lowest BCUT2D eigenvalue weighted by Crippen LogP contribution is -2.41. The fourth-order valence-corrected chi connectivity index (χ4v) is 2.59. The summed E-state index contributed by atoms with van der Waals surface area (Å²) in [4.78, 5) is 43.2. The second kappa shape index (κ2) is 12.7. The first-order valence-corrected chi connectivity index (χ1v) is 9.26. The molecule has 2 aromatic carbocycles. The molecule has 2 amide bonds. The molecule has 0 heterocycles. The number of carbonyl (C=O) groups excluding carboxylic acids is 2. The van der Waals surface area contributed by atoms with Crippen molar-refractivity contribution in [3.63, 3.8) is 0 Å². The van der Waals surface area contributed by atoms with E-state index in [9.17, 15) is 19.2 Å². The fourth-order valence-electron chi connectivity index (χ4n) is 2.59. The van der Waals surface area contributed by atoms with Crippen molar-refractivity contribution in [2.24, 2.45) is 0 Å². The van der Waals surface area contributed by atoms with Crippen molar-refractivity contribution in [1.82, 2.24) is 10.6 Å². The number of hydrogen-bond donors (Lipinski definition) is 4. The van der Waals surface area contributed by atoms with E-state index in [1.807, 2.05) is 60.7 Å². The average Bonchev–Trinajstić information content (AvgIpc) is 2.68. The maximum absolute atomic E-state index is 10.8. The van der Waals surface area contributed by atoms with Gasteiger partial charge in [-0.05, 0) is 11.1 Å².